The van der Waals surface area contributed by atoms with Gasteiger partial charge in [-0.25, -0.2) is 4.79 Å². The van der Waals surface area contributed by atoms with E-state index in [0.717, 1.165) is 37.9 Å². The standard InChI is InChI=1S/C19H28N4O2.ClH/c1-14-17(10-5-11-20-14)22-18(24)15-7-6-12-23(13-15)19(25)21-16-8-3-2-4-9-16;/h2-4,8-9,14-15,17,20H,5-7,10-13H2,1H3,(H,21,25)(H,22,24);1H. The van der Waals surface area contributed by atoms with Crippen LogP contribution in [-0.2, 0) is 4.79 Å². The molecule has 2 saturated heterocycles. The van der Waals surface area contributed by atoms with E-state index in [9.17, 15) is 9.59 Å². The van der Waals surface area contributed by atoms with Crippen molar-refractivity contribution < 1.29 is 9.59 Å². The van der Waals surface area contributed by atoms with E-state index in [4.69, 9.17) is 0 Å². The first-order valence-electron chi connectivity index (χ1n) is 9.28. The molecule has 3 atom stereocenters. The van der Waals surface area contributed by atoms with Crippen LogP contribution in [0.25, 0.3) is 0 Å². The fourth-order valence-corrected chi connectivity index (χ4v) is 3.64. The van der Waals surface area contributed by atoms with Gasteiger partial charge in [0.15, 0.2) is 0 Å². The van der Waals surface area contributed by atoms with E-state index in [2.05, 4.69) is 22.9 Å². The number of nitrogens with zero attached hydrogens (tertiary/aromatic N) is 1. The molecule has 0 aliphatic carbocycles. The molecule has 1 aromatic rings. The average molecular weight is 381 g/mol. The molecule has 2 fully saturated rings. The number of hydrogen-bond donors (Lipinski definition) is 3. The number of anilines is 1. The van der Waals surface area contributed by atoms with Crippen molar-refractivity contribution in [3.8, 4) is 0 Å². The van der Waals surface area contributed by atoms with Gasteiger partial charge in [-0.2, -0.15) is 0 Å². The Bertz CT molecular complexity index is 598. The highest BCUT2D eigenvalue weighted by molar-refractivity contribution is 5.90. The van der Waals surface area contributed by atoms with Gasteiger partial charge >= 0.3 is 6.03 Å². The quantitative estimate of drug-likeness (QED) is 0.754. The van der Waals surface area contributed by atoms with Crippen LogP contribution < -0.4 is 16.0 Å². The molecule has 2 heterocycles. The lowest BCUT2D eigenvalue weighted by Gasteiger charge is -2.35. The Morgan fingerprint density at radius 1 is 1.15 bits per heavy atom. The predicted octanol–water partition coefficient (Wildman–Crippen LogP) is 2.61. The molecule has 3 N–H and O–H groups in total. The molecule has 0 spiro atoms. The largest absolute Gasteiger partial charge is 0.352 e. The zero-order valence-corrected chi connectivity index (χ0v) is 16.1. The number of benzene rings is 1. The van der Waals surface area contributed by atoms with E-state index >= 15 is 0 Å². The highest BCUT2D eigenvalue weighted by atomic mass is 35.5. The number of hydrogen-bond acceptors (Lipinski definition) is 3. The molecule has 0 radical (unpaired) electrons. The number of piperidine rings is 2. The van der Waals surface area contributed by atoms with Crippen LogP contribution in [0.1, 0.15) is 32.6 Å². The second kappa shape index (κ2) is 9.78. The van der Waals surface area contributed by atoms with Gasteiger partial charge in [-0.05, 0) is 51.3 Å². The van der Waals surface area contributed by atoms with Crippen molar-refractivity contribution in [3.63, 3.8) is 0 Å². The average Bonchev–Trinajstić information content (AvgIpc) is 2.64. The van der Waals surface area contributed by atoms with Crippen molar-refractivity contribution >= 4 is 30.0 Å². The lowest BCUT2D eigenvalue weighted by molar-refractivity contribution is -0.127. The number of carbonyl (C=O) groups is 2. The van der Waals surface area contributed by atoms with Crippen LogP contribution >= 0.6 is 12.4 Å². The molecule has 3 unspecified atom stereocenters. The highest BCUT2D eigenvalue weighted by Crippen LogP contribution is 2.19. The fraction of sp³-hybridized carbons (Fsp3) is 0.579. The molecule has 26 heavy (non-hydrogen) atoms. The van der Waals surface area contributed by atoms with Crippen molar-refractivity contribution in [3.05, 3.63) is 30.3 Å². The first kappa shape index (κ1) is 20.5. The van der Waals surface area contributed by atoms with Gasteiger partial charge in [0.05, 0.1) is 5.92 Å². The Labute approximate surface area is 161 Å². The molecule has 0 saturated carbocycles. The number of rotatable bonds is 3. The molecular formula is C19H29ClN4O2. The second-order valence-electron chi connectivity index (χ2n) is 7.08. The number of para-hydroxylation sites is 1. The van der Waals surface area contributed by atoms with Crippen LogP contribution in [0.2, 0.25) is 0 Å². The number of carbonyl (C=O) groups excluding carboxylic acids is 2. The third kappa shape index (κ3) is 5.35. The number of urea groups is 1. The lowest BCUT2D eigenvalue weighted by atomic mass is 9.94. The van der Waals surface area contributed by atoms with E-state index in [1.165, 1.54) is 0 Å². The maximum Gasteiger partial charge on any atom is 0.321 e. The maximum absolute atomic E-state index is 12.6. The number of halogens is 1. The van der Waals surface area contributed by atoms with Crippen LogP contribution in [0.5, 0.6) is 0 Å². The number of amides is 3. The summed E-state index contributed by atoms with van der Waals surface area (Å²) < 4.78 is 0. The van der Waals surface area contributed by atoms with Crippen molar-refractivity contribution in [1.29, 1.82) is 0 Å². The third-order valence-electron chi connectivity index (χ3n) is 5.19. The summed E-state index contributed by atoms with van der Waals surface area (Å²) in [7, 11) is 0. The summed E-state index contributed by atoms with van der Waals surface area (Å²) in [5, 5.41) is 9.50. The van der Waals surface area contributed by atoms with E-state index < -0.39 is 0 Å². The van der Waals surface area contributed by atoms with E-state index in [1.54, 1.807) is 4.90 Å². The second-order valence-corrected chi connectivity index (χ2v) is 7.08. The molecule has 3 rings (SSSR count). The molecule has 7 heteroatoms. The van der Waals surface area contributed by atoms with Gasteiger partial charge in [-0.3, -0.25) is 4.79 Å². The monoisotopic (exact) mass is 380 g/mol. The molecule has 144 valence electrons. The van der Waals surface area contributed by atoms with Crippen LogP contribution in [0.4, 0.5) is 10.5 Å². The highest BCUT2D eigenvalue weighted by Gasteiger charge is 2.31. The lowest BCUT2D eigenvalue weighted by Crippen LogP contribution is -2.55. The Morgan fingerprint density at radius 2 is 1.92 bits per heavy atom. The Morgan fingerprint density at radius 3 is 2.65 bits per heavy atom. The minimum atomic E-state index is -0.128. The summed E-state index contributed by atoms with van der Waals surface area (Å²) in [6.07, 6.45) is 3.81. The third-order valence-corrected chi connectivity index (χ3v) is 5.19. The van der Waals surface area contributed by atoms with Crippen molar-refractivity contribution in [2.45, 2.75) is 44.7 Å². The van der Waals surface area contributed by atoms with Gasteiger partial charge < -0.3 is 20.9 Å². The molecule has 1 aromatic carbocycles. The van der Waals surface area contributed by atoms with Crippen LogP contribution in [0, 0.1) is 5.92 Å². The van der Waals surface area contributed by atoms with E-state index in [1.807, 2.05) is 30.3 Å². The molecule has 2 aliphatic heterocycles. The first-order valence-corrected chi connectivity index (χ1v) is 9.28. The summed E-state index contributed by atoms with van der Waals surface area (Å²) in [6.45, 7) is 4.32. The van der Waals surface area contributed by atoms with Crippen molar-refractivity contribution in [2.24, 2.45) is 5.92 Å². The van der Waals surface area contributed by atoms with Crippen molar-refractivity contribution in [2.75, 3.05) is 25.0 Å². The Kier molecular flexibility index (Phi) is 7.72. The van der Waals surface area contributed by atoms with Crippen LogP contribution in [0.15, 0.2) is 30.3 Å². The molecule has 2 aliphatic rings. The number of nitrogens with one attached hydrogen (secondary N) is 3. The summed E-state index contributed by atoms with van der Waals surface area (Å²) in [5.74, 6) is -0.0397. The van der Waals surface area contributed by atoms with E-state index in [-0.39, 0.29) is 36.3 Å². The van der Waals surface area contributed by atoms with E-state index in [0.29, 0.717) is 19.1 Å². The minimum absolute atomic E-state index is 0. The zero-order valence-electron chi connectivity index (χ0n) is 15.2. The molecule has 0 aromatic heterocycles. The van der Waals surface area contributed by atoms with Gasteiger partial charge in [-0.1, -0.05) is 18.2 Å². The number of likely N-dealkylation sites (tertiary alicyclic amines) is 1. The summed E-state index contributed by atoms with van der Waals surface area (Å²) in [6, 6.07) is 9.79. The zero-order chi connectivity index (χ0) is 17.6. The van der Waals surface area contributed by atoms with Gasteiger partial charge in [0.25, 0.3) is 0 Å². The normalized spacial score (nSPS) is 25.7. The van der Waals surface area contributed by atoms with Crippen LogP contribution in [0.3, 0.4) is 0 Å². The van der Waals surface area contributed by atoms with Crippen molar-refractivity contribution in [1.82, 2.24) is 15.5 Å². The van der Waals surface area contributed by atoms with Crippen LogP contribution in [-0.4, -0.2) is 48.6 Å². The minimum Gasteiger partial charge on any atom is -0.352 e. The van der Waals surface area contributed by atoms with Gasteiger partial charge in [0.1, 0.15) is 0 Å². The molecule has 6 nitrogen and oxygen atoms in total. The van der Waals surface area contributed by atoms with Gasteiger partial charge in [0, 0.05) is 30.9 Å². The van der Waals surface area contributed by atoms with Gasteiger partial charge in [0.2, 0.25) is 5.91 Å². The Hall–Kier alpha value is -1.79. The molecule has 0 bridgehead atoms. The van der Waals surface area contributed by atoms with Gasteiger partial charge in [-0.15, -0.1) is 12.4 Å². The predicted molar refractivity (Wildman–Crippen MR) is 106 cm³/mol. The molecular weight excluding hydrogens is 352 g/mol. The Balaban J connectivity index is 0.00000243. The summed E-state index contributed by atoms with van der Waals surface area (Å²) in [4.78, 5) is 26.8. The topological polar surface area (TPSA) is 73.5 Å². The first-order chi connectivity index (χ1) is 12.1. The SMILES string of the molecule is CC1NCCCC1NC(=O)C1CCCN(C(=O)Nc2ccccc2)C1.Cl. The summed E-state index contributed by atoms with van der Waals surface area (Å²) >= 11 is 0. The smallest absolute Gasteiger partial charge is 0.321 e. The molecule has 3 amide bonds. The fourth-order valence-electron chi connectivity index (χ4n) is 3.64. The summed E-state index contributed by atoms with van der Waals surface area (Å²) in [5.41, 5.74) is 0.779. The maximum atomic E-state index is 12.6.